The molecule has 2 nitrogen and oxygen atoms in total. The van der Waals surface area contributed by atoms with Crippen molar-refractivity contribution in [1.82, 2.24) is 0 Å². The molecule has 0 aliphatic heterocycles. The van der Waals surface area contributed by atoms with Gasteiger partial charge < -0.3 is 10.8 Å². The van der Waals surface area contributed by atoms with Crippen molar-refractivity contribution in [2.24, 2.45) is 11.1 Å². The van der Waals surface area contributed by atoms with Crippen LogP contribution in [0.1, 0.15) is 36.5 Å². The van der Waals surface area contributed by atoms with Gasteiger partial charge in [-0.25, -0.2) is 0 Å². The second-order valence-corrected chi connectivity index (χ2v) is 4.73. The number of benzene rings is 1. The van der Waals surface area contributed by atoms with Gasteiger partial charge in [0.15, 0.2) is 0 Å². The fourth-order valence-electron chi connectivity index (χ4n) is 2.32. The van der Waals surface area contributed by atoms with Crippen LogP contribution in [-0.4, -0.2) is 11.7 Å². The van der Waals surface area contributed by atoms with Gasteiger partial charge in [0, 0.05) is 12.0 Å². The molecule has 2 heteroatoms. The van der Waals surface area contributed by atoms with Gasteiger partial charge in [-0.1, -0.05) is 36.2 Å². The maximum atomic E-state index is 10.3. The highest BCUT2D eigenvalue weighted by molar-refractivity contribution is 5.25. The van der Waals surface area contributed by atoms with E-state index < -0.39 is 6.10 Å². The lowest BCUT2D eigenvalue weighted by molar-refractivity contribution is -0.0296. The summed E-state index contributed by atoms with van der Waals surface area (Å²) < 4.78 is 0. The molecule has 82 valence electrons. The Morgan fingerprint density at radius 3 is 2.33 bits per heavy atom. The van der Waals surface area contributed by atoms with Crippen molar-refractivity contribution in [2.45, 2.75) is 32.3 Å². The number of aryl methyl sites for hydroxylation is 1. The molecule has 1 atom stereocenters. The average molecular weight is 205 g/mol. The summed E-state index contributed by atoms with van der Waals surface area (Å²) in [6, 6.07) is 8.11. The van der Waals surface area contributed by atoms with E-state index in [9.17, 15) is 5.11 Å². The van der Waals surface area contributed by atoms with E-state index in [1.165, 1.54) is 12.0 Å². The third-order valence-corrected chi connectivity index (χ3v) is 3.73. The van der Waals surface area contributed by atoms with Gasteiger partial charge in [-0.15, -0.1) is 0 Å². The molecule has 0 heterocycles. The highest BCUT2D eigenvalue weighted by atomic mass is 16.3. The van der Waals surface area contributed by atoms with Crippen LogP contribution in [0.25, 0.3) is 0 Å². The molecule has 2 rings (SSSR count). The summed E-state index contributed by atoms with van der Waals surface area (Å²) in [5.74, 6) is 0. The van der Waals surface area contributed by atoms with Gasteiger partial charge in [-0.05, 0) is 25.3 Å². The van der Waals surface area contributed by atoms with Crippen molar-refractivity contribution < 1.29 is 5.11 Å². The first-order valence-corrected chi connectivity index (χ1v) is 5.63. The number of aliphatic hydroxyl groups excluding tert-OH is 1. The van der Waals surface area contributed by atoms with Gasteiger partial charge in [0.25, 0.3) is 0 Å². The minimum absolute atomic E-state index is 0.0464. The Morgan fingerprint density at radius 2 is 1.93 bits per heavy atom. The smallest absolute Gasteiger partial charge is 0.0858 e. The molecule has 1 aliphatic carbocycles. The predicted octanol–water partition coefficient (Wildman–Crippen LogP) is 2.16. The van der Waals surface area contributed by atoms with Crippen LogP contribution in [0.5, 0.6) is 0 Å². The van der Waals surface area contributed by atoms with E-state index in [2.05, 4.69) is 6.92 Å². The molecular formula is C13H19NO. The van der Waals surface area contributed by atoms with E-state index in [-0.39, 0.29) is 5.41 Å². The van der Waals surface area contributed by atoms with Gasteiger partial charge in [-0.2, -0.15) is 0 Å². The Bertz CT molecular complexity index is 321. The van der Waals surface area contributed by atoms with Crippen molar-refractivity contribution in [2.75, 3.05) is 6.54 Å². The highest BCUT2D eigenvalue weighted by Gasteiger charge is 2.42. The molecule has 3 N–H and O–H groups in total. The third kappa shape index (κ3) is 1.80. The van der Waals surface area contributed by atoms with Crippen molar-refractivity contribution in [3.8, 4) is 0 Å². The number of aliphatic hydroxyl groups is 1. The molecule has 0 amide bonds. The Hall–Kier alpha value is -0.860. The van der Waals surface area contributed by atoms with Crippen LogP contribution >= 0.6 is 0 Å². The van der Waals surface area contributed by atoms with Crippen LogP contribution in [0.2, 0.25) is 0 Å². The van der Waals surface area contributed by atoms with Crippen LogP contribution in [-0.2, 0) is 0 Å². The molecule has 1 fully saturated rings. The first kappa shape index (κ1) is 10.7. The van der Waals surface area contributed by atoms with Crippen LogP contribution in [0, 0.1) is 12.3 Å². The van der Waals surface area contributed by atoms with Gasteiger partial charge in [0.05, 0.1) is 6.10 Å². The number of nitrogens with two attached hydrogens (primary N) is 1. The maximum absolute atomic E-state index is 10.3. The maximum Gasteiger partial charge on any atom is 0.0858 e. The van der Waals surface area contributed by atoms with Crippen LogP contribution < -0.4 is 5.73 Å². The molecular weight excluding hydrogens is 186 g/mol. The molecule has 1 aliphatic rings. The SMILES string of the molecule is Cc1ccc(C(O)C2(CN)CCC2)cc1. The Morgan fingerprint density at radius 1 is 1.33 bits per heavy atom. The minimum Gasteiger partial charge on any atom is -0.388 e. The largest absolute Gasteiger partial charge is 0.388 e. The molecule has 0 aromatic heterocycles. The van der Waals surface area contributed by atoms with Crippen molar-refractivity contribution in [3.05, 3.63) is 35.4 Å². The minimum atomic E-state index is -0.392. The molecule has 0 saturated heterocycles. The van der Waals surface area contributed by atoms with Gasteiger partial charge in [0.1, 0.15) is 0 Å². The topological polar surface area (TPSA) is 46.2 Å². The number of hydrogen-bond donors (Lipinski definition) is 2. The van der Waals surface area contributed by atoms with E-state index >= 15 is 0 Å². The quantitative estimate of drug-likeness (QED) is 0.794. The van der Waals surface area contributed by atoms with E-state index in [1.54, 1.807) is 0 Å². The number of hydrogen-bond acceptors (Lipinski definition) is 2. The number of rotatable bonds is 3. The van der Waals surface area contributed by atoms with Crippen molar-refractivity contribution in [3.63, 3.8) is 0 Å². The normalized spacial score (nSPS) is 20.7. The molecule has 15 heavy (non-hydrogen) atoms. The molecule has 1 aromatic rings. The van der Waals surface area contributed by atoms with Gasteiger partial charge in [-0.3, -0.25) is 0 Å². The lowest BCUT2D eigenvalue weighted by atomic mass is 9.63. The van der Waals surface area contributed by atoms with Gasteiger partial charge >= 0.3 is 0 Å². The summed E-state index contributed by atoms with van der Waals surface area (Å²) in [5.41, 5.74) is 7.96. The molecule has 0 spiro atoms. The van der Waals surface area contributed by atoms with Crippen molar-refractivity contribution in [1.29, 1.82) is 0 Å². The third-order valence-electron chi connectivity index (χ3n) is 3.73. The van der Waals surface area contributed by atoms with Crippen molar-refractivity contribution >= 4 is 0 Å². The Labute approximate surface area is 91.1 Å². The average Bonchev–Trinajstić information content (AvgIpc) is 2.18. The molecule has 0 bridgehead atoms. The zero-order valence-corrected chi connectivity index (χ0v) is 9.24. The molecule has 0 radical (unpaired) electrons. The van der Waals surface area contributed by atoms with Crippen LogP contribution in [0.3, 0.4) is 0 Å². The lowest BCUT2D eigenvalue weighted by Crippen LogP contribution is -2.42. The van der Waals surface area contributed by atoms with E-state index in [0.717, 1.165) is 18.4 Å². The van der Waals surface area contributed by atoms with E-state index in [0.29, 0.717) is 6.54 Å². The standard InChI is InChI=1S/C13H19NO/c1-10-3-5-11(6-4-10)12(15)13(9-14)7-2-8-13/h3-6,12,15H,2,7-9,14H2,1H3. The van der Waals surface area contributed by atoms with Crippen LogP contribution in [0.4, 0.5) is 0 Å². The summed E-state index contributed by atoms with van der Waals surface area (Å²) in [7, 11) is 0. The lowest BCUT2D eigenvalue weighted by Gasteiger charge is -2.44. The summed E-state index contributed by atoms with van der Waals surface area (Å²) in [4.78, 5) is 0. The summed E-state index contributed by atoms with van der Waals surface area (Å²) in [5, 5.41) is 10.3. The highest BCUT2D eigenvalue weighted by Crippen LogP contribution is 2.49. The second-order valence-electron chi connectivity index (χ2n) is 4.73. The molecule has 1 saturated carbocycles. The van der Waals surface area contributed by atoms with Crippen LogP contribution in [0.15, 0.2) is 24.3 Å². The first-order valence-electron chi connectivity index (χ1n) is 5.63. The fraction of sp³-hybridized carbons (Fsp3) is 0.538. The Kier molecular flexibility index (Phi) is 2.81. The van der Waals surface area contributed by atoms with E-state index in [4.69, 9.17) is 5.73 Å². The predicted molar refractivity (Wildman–Crippen MR) is 61.5 cm³/mol. The fourth-order valence-corrected chi connectivity index (χ4v) is 2.32. The second kappa shape index (κ2) is 3.95. The summed E-state index contributed by atoms with van der Waals surface area (Å²) in [6.45, 7) is 2.64. The Balaban J connectivity index is 2.19. The first-order chi connectivity index (χ1) is 7.18. The molecule has 1 unspecified atom stereocenters. The monoisotopic (exact) mass is 205 g/mol. The van der Waals surface area contributed by atoms with E-state index in [1.807, 2.05) is 24.3 Å². The molecule has 1 aromatic carbocycles. The summed E-state index contributed by atoms with van der Waals surface area (Å²) in [6.07, 6.45) is 2.91. The zero-order chi connectivity index (χ0) is 10.9. The summed E-state index contributed by atoms with van der Waals surface area (Å²) >= 11 is 0. The zero-order valence-electron chi connectivity index (χ0n) is 9.24. The van der Waals surface area contributed by atoms with Gasteiger partial charge in [0.2, 0.25) is 0 Å².